The first-order valence-electron chi connectivity index (χ1n) is 5.36. The molecule has 0 aliphatic carbocycles. The number of rotatable bonds is 3. The summed E-state index contributed by atoms with van der Waals surface area (Å²) in [4.78, 5) is 4.37. The van der Waals surface area contributed by atoms with Gasteiger partial charge in [0.25, 0.3) is 6.43 Å². The van der Waals surface area contributed by atoms with Crippen molar-refractivity contribution in [2.45, 2.75) is 44.8 Å². The van der Waals surface area contributed by atoms with Crippen LogP contribution in [0.4, 0.5) is 8.78 Å². The van der Waals surface area contributed by atoms with E-state index < -0.39 is 6.43 Å². The van der Waals surface area contributed by atoms with Crippen molar-refractivity contribution in [1.29, 1.82) is 0 Å². The molecular formula is C10H18F2N2. The van der Waals surface area contributed by atoms with E-state index >= 15 is 0 Å². The summed E-state index contributed by atoms with van der Waals surface area (Å²) in [5, 5.41) is 0. The molecule has 82 valence electrons. The van der Waals surface area contributed by atoms with Crippen molar-refractivity contribution < 1.29 is 8.78 Å². The van der Waals surface area contributed by atoms with Gasteiger partial charge in [0, 0.05) is 31.2 Å². The number of hydrogen-bond donors (Lipinski definition) is 0. The van der Waals surface area contributed by atoms with E-state index in [0.717, 1.165) is 13.1 Å². The third kappa shape index (κ3) is 1.77. The molecule has 0 radical (unpaired) electrons. The smallest absolute Gasteiger partial charge is 0.251 e. The molecule has 3 fully saturated rings. The molecule has 0 saturated carbocycles. The van der Waals surface area contributed by atoms with E-state index in [1.165, 1.54) is 6.42 Å². The normalized spacial score (nSPS) is 33.9. The first kappa shape index (κ1) is 10.3. The van der Waals surface area contributed by atoms with Crippen LogP contribution < -0.4 is 0 Å². The Morgan fingerprint density at radius 1 is 1.21 bits per heavy atom. The zero-order chi connectivity index (χ0) is 10.3. The average molecular weight is 204 g/mol. The Bertz CT molecular complexity index is 196. The minimum atomic E-state index is -2.18. The number of piperazine rings is 1. The van der Waals surface area contributed by atoms with Crippen molar-refractivity contribution in [2.75, 3.05) is 19.6 Å². The van der Waals surface area contributed by atoms with Gasteiger partial charge >= 0.3 is 0 Å². The van der Waals surface area contributed by atoms with Gasteiger partial charge in [-0.1, -0.05) is 0 Å². The van der Waals surface area contributed by atoms with E-state index in [4.69, 9.17) is 0 Å². The second kappa shape index (κ2) is 3.74. The van der Waals surface area contributed by atoms with Gasteiger partial charge in [0.15, 0.2) is 0 Å². The van der Waals surface area contributed by atoms with Gasteiger partial charge in [-0.2, -0.15) is 0 Å². The quantitative estimate of drug-likeness (QED) is 0.686. The second-order valence-electron chi connectivity index (χ2n) is 4.69. The topological polar surface area (TPSA) is 6.48 Å². The molecule has 0 aromatic heterocycles. The number of hydrogen-bond acceptors (Lipinski definition) is 2. The van der Waals surface area contributed by atoms with Crippen molar-refractivity contribution in [3.05, 3.63) is 0 Å². The summed E-state index contributed by atoms with van der Waals surface area (Å²) in [6, 6.07) is 1.63. The maximum atomic E-state index is 12.2. The van der Waals surface area contributed by atoms with E-state index in [-0.39, 0.29) is 6.54 Å². The molecule has 0 amide bonds. The maximum Gasteiger partial charge on any atom is 0.251 e. The minimum Gasteiger partial charge on any atom is -0.295 e. The molecule has 0 aromatic rings. The first-order chi connectivity index (χ1) is 6.58. The zero-order valence-electron chi connectivity index (χ0n) is 8.79. The number of fused-ring (bicyclic) bond motifs is 2. The standard InChI is InChI=1S/C10H18F2N2/c1-7(2)14-8-3-9(14)5-13(4-8)6-10(11)12/h7-10H,3-6H2,1-2H3. The molecule has 3 aliphatic heterocycles. The Hall–Kier alpha value is -0.220. The lowest BCUT2D eigenvalue weighted by Gasteiger charge is -2.58. The van der Waals surface area contributed by atoms with Gasteiger partial charge in [0.2, 0.25) is 0 Å². The summed E-state index contributed by atoms with van der Waals surface area (Å²) in [7, 11) is 0. The lowest BCUT2D eigenvalue weighted by molar-refractivity contribution is -0.0973. The fraction of sp³-hybridized carbons (Fsp3) is 1.00. The maximum absolute atomic E-state index is 12.2. The van der Waals surface area contributed by atoms with Gasteiger partial charge in [-0.25, -0.2) is 8.78 Å². The molecule has 3 heterocycles. The molecule has 2 atom stereocenters. The van der Waals surface area contributed by atoms with Crippen LogP contribution in [-0.2, 0) is 0 Å². The fourth-order valence-corrected chi connectivity index (χ4v) is 2.91. The summed E-state index contributed by atoms with van der Waals surface area (Å²) >= 11 is 0. The predicted octanol–water partition coefficient (Wildman–Crippen LogP) is 1.42. The molecule has 0 spiro atoms. The van der Waals surface area contributed by atoms with Crippen LogP contribution in [0.3, 0.4) is 0 Å². The Morgan fingerprint density at radius 3 is 2.21 bits per heavy atom. The monoisotopic (exact) mass is 204 g/mol. The summed E-state index contributed by atoms with van der Waals surface area (Å²) in [5.41, 5.74) is 0. The highest BCUT2D eigenvalue weighted by atomic mass is 19.3. The van der Waals surface area contributed by atoms with Gasteiger partial charge in [0.05, 0.1) is 6.54 Å². The molecule has 4 heteroatoms. The lowest BCUT2D eigenvalue weighted by atomic mass is 9.86. The van der Waals surface area contributed by atoms with Crippen molar-refractivity contribution >= 4 is 0 Å². The highest BCUT2D eigenvalue weighted by molar-refractivity contribution is 5.01. The molecule has 0 N–H and O–H groups in total. The number of halogens is 2. The Balaban J connectivity index is 1.85. The molecule has 3 rings (SSSR count). The van der Waals surface area contributed by atoms with Gasteiger partial charge < -0.3 is 0 Å². The van der Waals surface area contributed by atoms with E-state index in [0.29, 0.717) is 18.1 Å². The highest BCUT2D eigenvalue weighted by Gasteiger charge is 2.45. The molecule has 2 unspecified atom stereocenters. The first-order valence-corrected chi connectivity index (χ1v) is 5.36. The molecule has 3 saturated heterocycles. The number of piperidine rings is 1. The number of alkyl halides is 2. The van der Waals surface area contributed by atoms with Crippen LogP contribution in [0.25, 0.3) is 0 Å². The summed E-state index contributed by atoms with van der Waals surface area (Å²) in [5.74, 6) is 0. The molecule has 3 aliphatic rings. The van der Waals surface area contributed by atoms with Crippen LogP contribution >= 0.6 is 0 Å². The largest absolute Gasteiger partial charge is 0.295 e. The van der Waals surface area contributed by atoms with Crippen LogP contribution in [0.15, 0.2) is 0 Å². The van der Waals surface area contributed by atoms with Crippen molar-refractivity contribution in [3.63, 3.8) is 0 Å². The Morgan fingerprint density at radius 2 is 1.79 bits per heavy atom. The van der Waals surface area contributed by atoms with Crippen LogP contribution in [0, 0.1) is 0 Å². The fourth-order valence-electron chi connectivity index (χ4n) is 2.91. The Kier molecular flexibility index (Phi) is 2.75. The second-order valence-corrected chi connectivity index (χ2v) is 4.69. The third-order valence-corrected chi connectivity index (χ3v) is 3.32. The SMILES string of the molecule is CC(C)N1C2CC1CN(CC(F)F)C2. The summed E-state index contributed by atoms with van der Waals surface area (Å²) in [6.45, 7) is 5.99. The van der Waals surface area contributed by atoms with Crippen LogP contribution in [0.5, 0.6) is 0 Å². The van der Waals surface area contributed by atoms with E-state index in [2.05, 4.69) is 18.7 Å². The number of nitrogens with zero attached hydrogens (tertiary/aromatic N) is 2. The predicted molar refractivity (Wildman–Crippen MR) is 51.6 cm³/mol. The van der Waals surface area contributed by atoms with Gasteiger partial charge in [0.1, 0.15) is 0 Å². The minimum absolute atomic E-state index is 0.0427. The Labute approximate surface area is 83.9 Å². The van der Waals surface area contributed by atoms with E-state index in [1.54, 1.807) is 0 Å². The van der Waals surface area contributed by atoms with Crippen molar-refractivity contribution in [1.82, 2.24) is 9.80 Å². The van der Waals surface area contributed by atoms with E-state index in [1.807, 2.05) is 4.90 Å². The van der Waals surface area contributed by atoms with Crippen molar-refractivity contribution in [2.24, 2.45) is 0 Å². The lowest BCUT2D eigenvalue weighted by Crippen LogP contribution is -2.70. The van der Waals surface area contributed by atoms with Crippen molar-refractivity contribution in [3.8, 4) is 0 Å². The molecular weight excluding hydrogens is 186 g/mol. The molecule has 2 bridgehead atoms. The molecule has 2 nitrogen and oxygen atoms in total. The third-order valence-electron chi connectivity index (χ3n) is 3.32. The average Bonchev–Trinajstić information content (AvgIpc) is 2.00. The van der Waals surface area contributed by atoms with Gasteiger partial charge in [-0.3, -0.25) is 9.80 Å². The van der Waals surface area contributed by atoms with Crippen LogP contribution in [0.1, 0.15) is 20.3 Å². The zero-order valence-corrected chi connectivity index (χ0v) is 8.79. The molecule has 14 heavy (non-hydrogen) atoms. The van der Waals surface area contributed by atoms with Crippen LogP contribution in [0.2, 0.25) is 0 Å². The van der Waals surface area contributed by atoms with Crippen LogP contribution in [-0.4, -0.2) is 54.0 Å². The van der Waals surface area contributed by atoms with Gasteiger partial charge in [-0.15, -0.1) is 0 Å². The highest BCUT2D eigenvalue weighted by Crippen LogP contribution is 2.34. The summed E-state index contributed by atoms with van der Waals surface area (Å²) in [6.07, 6.45) is -0.974. The van der Waals surface area contributed by atoms with E-state index in [9.17, 15) is 8.78 Å². The van der Waals surface area contributed by atoms with Gasteiger partial charge in [-0.05, 0) is 20.3 Å². The summed E-state index contributed by atoms with van der Waals surface area (Å²) < 4.78 is 24.3. The molecule has 0 aromatic carbocycles.